The molecule has 1 aliphatic heterocycles. The Balaban J connectivity index is 2.11. The molecule has 2 aromatic rings. The van der Waals surface area contributed by atoms with Crippen molar-refractivity contribution in [2.75, 3.05) is 7.05 Å². The first-order chi connectivity index (χ1) is 12.0. The van der Waals surface area contributed by atoms with Crippen molar-refractivity contribution in [3.63, 3.8) is 0 Å². The van der Waals surface area contributed by atoms with E-state index in [2.05, 4.69) is 42.4 Å². The fraction of sp³-hybridized carbons (Fsp3) is 0.182. The van der Waals surface area contributed by atoms with Gasteiger partial charge in [0.15, 0.2) is 5.71 Å². The Kier molecular flexibility index (Phi) is 4.41. The number of nitrogens with zero attached hydrogens (tertiary/aromatic N) is 1. The number of rotatable bonds is 5. The van der Waals surface area contributed by atoms with Gasteiger partial charge < -0.3 is 5.11 Å². The molecule has 1 aliphatic rings. The Morgan fingerprint density at radius 1 is 1.20 bits per heavy atom. The molecule has 0 spiro atoms. The molecule has 3 heteroatoms. The number of aromatic carboxylic acids is 1. The monoisotopic (exact) mass is 332 g/mol. The summed E-state index contributed by atoms with van der Waals surface area (Å²) in [6.07, 6.45) is 6.85. The summed E-state index contributed by atoms with van der Waals surface area (Å²) >= 11 is 0. The van der Waals surface area contributed by atoms with E-state index in [-0.39, 0.29) is 5.41 Å². The highest BCUT2D eigenvalue weighted by atomic mass is 16.4. The second-order valence-corrected chi connectivity index (χ2v) is 6.55. The molecule has 0 radical (unpaired) electrons. The smallest absolute Gasteiger partial charge is 0.335 e. The van der Waals surface area contributed by atoms with Crippen LogP contribution in [0.5, 0.6) is 0 Å². The first-order valence-electron chi connectivity index (χ1n) is 8.30. The minimum Gasteiger partial charge on any atom is -0.478 e. The van der Waals surface area contributed by atoms with Gasteiger partial charge in [-0.15, -0.1) is 6.58 Å². The molecule has 0 aliphatic carbocycles. The topological polar surface area (TPSA) is 40.3 Å². The summed E-state index contributed by atoms with van der Waals surface area (Å²) in [7, 11) is 2.03. The quantitative estimate of drug-likeness (QED) is 0.639. The molecule has 0 saturated heterocycles. The first-order valence-corrected chi connectivity index (χ1v) is 8.30. The second-order valence-electron chi connectivity index (χ2n) is 6.55. The van der Waals surface area contributed by atoms with Crippen LogP contribution in [-0.4, -0.2) is 28.4 Å². The molecule has 0 bridgehead atoms. The van der Waals surface area contributed by atoms with Gasteiger partial charge in [-0.2, -0.15) is 4.58 Å². The largest absolute Gasteiger partial charge is 0.478 e. The van der Waals surface area contributed by atoms with Crippen molar-refractivity contribution < 1.29 is 14.5 Å². The predicted molar refractivity (Wildman–Crippen MR) is 102 cm³/mol. The van der Waals surface area contributed by atoms with E-state index < -0.39 is 5.97 Å². The van der Waals surface area contributed by atoms with E-state index in [0.717, 1.165) is 28.9 Å². The summed E-state index contributed by atoms with van der Waals surface area (Å²) in [5, 5.41) is 9.35. The zero-order chi connectivity index (χ0) is 18.0. The van der Waals surface area contributed by atoms with Crippen LogP contribution in [0.3, 0.4) is 0 Å². The number of fused-ring (bicyclic) bond motifs is 1. The molecule has 1 atom stereocenters. The number of benzene rings is 2. The van der Waals surface area contributed by atoms with E-state index in [1.54, 1.807) is 12.1 Å². The van der Waals surface area contributed by atoms with Gasteiger partial charge in [0.25, 0.3) is 0 Å². The maximum absolute atomic E-state index is 11.4. The minimum absolute atomic E-state index is 0.303. The normalized spacial score (nSPS) is 19.3. The van der Waals surface area contributed by atoms with Gasteiger partial charge in [-0.1, -0.05) is 36.4 Å². The van der Waals surface area contributed by atoms with Crippen LogP contribution < -0.4 is 0 Å². The third-order valence-corrected chi connectivity index (χ3v) is 4.91. The van der Waals surface area contributed by atoms with Gasteiger partial charge >= 0.3 is 5.97 Å². The fourth-order valence-corrected chi connectivity index (χ4v) is 3.58. The van der Waals surface area contributed by atoms with Crippen molar-refractivity contribution in [2.24, 2.45) is 0 Å². The maximum Gasteiger partial charge on any atom is 0.335 e. The van der Waals surface area contributed by atoms with E-state index in [1.165, 1.54) is 0 Å². The Bertz CT molecular complexity index is 893. The molecule has 0 saturated carbocycles. The van der Waals surface area contributed by atoms with Crippen molar-refractivity contribution in [3.8, 4) is 0 Å². The average molecular weight is 332 g/mol. The first kappa shape index (κ1) is 16.9. The number of allylic oxidation sites excluding steroid dienone is 2. The molecule has 1 N–H and O–H groups in total. The standard InChI is InChI=1S/C22H21NO2/c1-4-14-22(2)18-15-17(21(24)25)11-12-19(18)23(3)20(22)13-10-16-8-6-5-7-9-16/h4-13,15H,1,14H2,2-3H3/p+1/b13-10+. The molecule has 0 amide bonds. The summed E-state index contributed by atoms with van der Waals surface area (Å²) in [5.41, 5.74) is 4.35. The van der Waals surface area contributed by atoms with Gasteiger partial charge in [-0.05, 0) is 37.1 Å². The molecule has 25 heavy (non-hydrogen) atoms. The van der Waals surface area contributed by atoms with Crippen molar-refractivity contribution in [2.45, 2.75) is 18.8 Å². The maximum atomic E-state index is 11.4. The molecule has 0 fully saturated rings. The van der Waals surface area contributed by atoms with E-state index in [1.807, 2.05) is 37.4 Å². The Morgan fingerprint density at radius 3 is 2.56 bits per heavy atom. The number of hydrogen-bond donors (Lipinski definition) is 1. The number of carbonyl (C=O) groups is 1. The third kappa shape index (κ3) is 2.93. The molecule has 2 aromatic carbocycles. The summed E-state index contributed by atoms with van der Waals surface area (Å²) < 4.78 is 2.14. The lowest BCUT2D eigenvalue weighted by molar-refractivity contribution is -0.401. The summed E-state index contributed by atoms with van der Waals surface area (Å²) in [6, 6.07) is 15.5. The van der Waals surface area contributed by atoms with Gasteiger partial charge in [-0.25, -0.2) is 4.79 Å². The zero-order valence-electron chi connectivity index (χ0n) is 14.6. The van der Waals surface area contributed by atoms with Crippen LogP contribution in [0.15, 0.2) is 67.3 Å². The molecule has 3 rings (SSSR count). The van der Waals surface area contributed by atoms with Gasteiger partial charge in [0.05, 0.1) is 11.0 Å². The highest BCUT2D eigenvalue weighted by Gasteiger charge is 2.46. The zero-order valence-corrected chi connectivity index (χ0v) is 14.6. The molecule has 3 nitrogen and oxygen atoms in total. The van der Waals surface area contributed by atoms with Crippen molar-refractivity contribution in [1.29, 1.82) is 0 Å². The average Bonchev–Trinajstić information content (AvgIpc) is 2.81. The van der Waals surface area contributed by atoms with Crippen LogP contribution in [0.4, 0.5) is 5.69 Å². The molecule has 0 aromatic heterocycles. The minimum atomic E-state index is -0.903. The van der Waals surface area contributed by atoms with E-state index in [4.69, 9.17) is 0 Å². The molecular formula is C22H22NO2+. The number of carboxylic acids is 1. The highest BCUT2D eigenvalue weighted by molar-refractivity contribution is 6.06. The number of carboxylic acid groups (broad SMARTS) is 1. The van der Waals surface area contributed by atoms with Gasteiger partial charge in [0, 0.05) is 17.7 Å². The van der Waals surface area contributed by atoms with Crippen molar-refractivity contribution >= 4 is 23.4 Å². The van der Waals surface area contributed by atoms with Crippen LogP contribution in [0.25, 0.3) is 6.08 Å². The lowest BCUT2D eigenvalue weighted by atomic mass is 9.76. The van der Waals surface area contributed by atoms with Crippen LogP contribution in [0.2, 0.25) is 0 Å². The third-order valence-electron chi connectivity index (χ3n) is 4.91. The molecule has 1 unspecified atom stereocenters. The summed E-state index contributed by atoms with van der Waals surface area (Å²) in [4.78, 5) is 11.4. The number of hydrogen-bond acceptors (Lipinski definition) is 1. The Morgan fingerprint density at radius 2 is 1.92 bits per heavy atom. The van der Waals surface area contributed by atoms with Gasteiger partial charge in [0.2, 0.25) is 5.69 Å². The predicted octanol–water partition coefficient (Wildman–Crippen LogP) is 4.66. The summed E-state index contributed by atoms with van der Waals surface area (Å²) in [6.45, 7) is 6.05. The van der Waals surface area contributed by atoms with Gasteiger partial charge in [0.1, 0.15) is 7.05 Å². The second kappa shape index (κ2) is 6.52. The molecule has 126 valence electrons. The van der Waals surface area contributed by atoms with Gasteiger partial charge in [-0.3, -0.25) is 0 Å². The molecule has 1 heterocycles. The lowest BCUT2D eigenvalue weighted by Gasteiger charge is -2.20. The highest BCUT2D eigenvalue weighted by Crippen LogP contribution is 2.42. The van der Waals surface area contributed by atoms with Crippen LogP contribution in [0.1, 0.15) is 34.8 Å². The van der Waals surface area contributed by atoms with Crippen molar-refractivity contribution in [1.82, 2.24) is 0 Å². The van der Waals surface area contributed by atoms with Crippen molar-refractivity contribution in [3.05, 3.63) is 84.0 Å². The Hall–Kier alpha value is -2.94. The van der Waals surface area contributed by atoms with Crippen LogP contribution in [-0.2, 0) is 5.41 Å². The summed E-state index contributed by atoms with van der Waals surface area (Å²) in [5.74, 6) is -0.903. The lowest BCUT2D eigenvalue weighted by Crippen LogP contribution is -2.30. The Labute approximate surface area is 148 Å². The van der Waals surface area contributed by atoms with E-state index in [0.29, 0.717) is 5.56 Å². The van der Waals surface area contributed by atoms with Crippen LogP contribution in [0, 0.1) is 0 Å². The van der Waals surface area contributed by atoms with E-state index in [9.17, 15) is 9.90 Å². The fourth-order valence-electron chi connectivity index (χ4n) is 3.58. The van der Waals surface area contributed by atoms with Crippen LogP contribution >= 0.6 is 0 Å². The molecular weight excluding hydrogens is 310 g/mol. The van der Waals surface area contributed by atoms with E-state index >= 15 is 0 Å². The SMILES string of the molecule is C=CCC1(C)C(/C=C/c2ccccc2)=[N+](C)c2ccc(C(=O)O)cc21.